The van der Waals surface area contributed by atoms with E-state index in [1.165, 1.54) is 32.4 Å². The SMILES string of the molecule is COC(=O)c1cc(NC(=O)CN(C)Cc2c(C)noc2C)cc(C(=O)OC)c1. The molecule has 28 heavy (non-hydrogen) atoms. The number of hydrogen-bond acceptors (Lipinski definition) is 8. The van der Waals surface area contributed by atoms with Crippen molar-refractivity contribution < 1.29 is 28.4 Å². The zero-order chi connectivity index (χ0) is 20.8. The molecule has 0 saturated carbocycles. The molecule has 1 aromatic heterocycles. The van der Waals surface area contributed by atoms with Crippen molar-refractivity contribution in [3.05, 3.63) is 46.3 Å². The van der Waals surface area contributed by atoms with Crippen molar-refractivity contribution in [1.82, 2.24) is 10.1 Å². The first-order valence-corrected chi connectivity index (χ1v) is 8.47. The number of benzene rings is 1. The summed E-state index contributed by atoms with van der Waals surface area (Å²) in [7, 11) is 4.25. The Hall–Kier alpha value is -3.20. The van der Waals surface area contributed by atoms with E-state index in [4.69, 9.17) is 4.52 Å². The molecule has 150 valence electrons. The number of rotatable bonds is 7. The number of nitrogens with zero attached hydrogens (tertiary/aromatic N) is 2. The summed E-state index contributed by atoms with van der Waals surface area (Å²) in [5.74, 6) is -0.862. The molecule has 0 aliphatic heterocycles. The molecular formula is C19H23N3O6. The number of likely N-dealkylation sites (N-methyl/N-ethyl adjacent to an activating group) is 1. The molecule has 0 aliphatic rings. The van der Waals surface area contributed by atoms with Crippen molar-refractivity contribution >= 4 is 23.5 Å². The molecule has 2 rings (SSSR count). The van der Waals surface area contributed by atoms with Gasteiger partial charge in [-0.3, -0.25) is 9.69 Å². The first kappa shape index (κ1) is 21.1. The molecule has 0 saturated heterocycles. The maximum absolute atomic E-state index is 12.4. The largest absolute Gasteiger partial charge is 0.465 e. The zero-order valence-corrected chi connectivity index (χ0v) is 16.5. The number of carbonyl (C=O) groups excluding carboxylic acids is 3. The van der Waals surface area contributed by atoms with E-state index >= 15 is 0 Å². The minimum Gasteiger partial charge on any atom is -0.465 e. The Kier molecular flexibility index (Phi) is 6.89. The fraction of sp³-hybridized carbons (Fsp3) is 0.368. The predicted molar refractivity (Wildman–Crippen MR) is 100 cm³/mol. The summed E-state index contributed by atoms with van der Waals surface area (Å²) in [5.41, 5.74) is 2.25. The Morgan fingerprint density at radius 2 is 1.64 bits per heavy atom. The topological polar surface area (TPSA) is 111 Å². The van der Waals surface area contributed by atoms with Crippen LogP contribution in [0.5, 0.6) is 0 Å². The number of aryl methyl sites for hydroxylation is 2. The number of methoxy groups -OCH3 is 2. The van der Waals surface area contributed by atoms with Crippen molar-refractivity contribution in [3.63, 3.8) is 0 Å². The van der Waals surface area contributed by atoms with E-state index in [-0.39, 0.29) is 23.6 Å². The van der Waals surface area contributed by atoms with Crippen molar-refractivity contribution in [3.8, 4) is 0 Å². The van der Waals surface area contributed by atoms with Crippen molar-refractivity contribution in [1.29, 1.82) is 0 Å². The van der Waals surface area contributed by atoms with E-state index in [2.05, 4.69) is 19.9 Å². The van der Waals surface area contributed by atoms with Crippen LogP contribution in [0, 0.1) is 13.8 Å². The molecule has 0 spiro atoms. The van der Waals surface area contributed by atoms with Gasteiger partial charge in [-0.15, -0.1) is 0 Å². The van der Waals surface area contributed by atoms with Gasteiger partial charge >= 0.3 is 11.9 Å². The van der Waals surface area contributed by atoms with Crippen LogP contribution in [0.25, 0.3) is 0 Å². The number of ether oxygens (including phenoxy) is 2. The fourth-order valence-corrected chi connectivity index (χ4v) is 2.67. The summed E-state index contributed by atoms with van der Waals surface area (Å²) in [6.07, 6.45) is 0. The average molecular weight is 389 g/mol. The normalized spacial score (nSPS) is 10.6. The van der Waals surface area contributed by atoms with Gasteiger partial charge in [-0.25, -0.2) is 9.59 Å². The summed E-state index contributed by atoms with van der Waals surface area (Å²) < 4.78 is 14.5. The molecule has 2 aromatic rings. The van der Waals surface area contributed by atoms with E-state index in [1.54, 1.807) is 11.9 Å². The maximum atomic E-state index is 12.4. The number of carbonyl (C=O) groups is 3. The summed E-state index contributed by atoms with van der Waals surface area (Å²) in [6.45, 7) is 4.23. The fourth-order valence-electron chi connectivity index (χ4n) is 2.67. The number of nitrogens with one attached hydrogen (secondary N) is 1. The lowest BCUT2D eigenvalue weighted by atomic mass is 10.1. The Morgan fingerprint density at radius 3 is 2.11 bits per heavy atom. The first-order valence-electron chi connectivity index (χ1n) is 8.47. The van der Waals surface area contributed by atoms with Crippen molar-refractivity contribution in [2.45, 2.75) is 20.4 Å². The van der Waals surface area contributed by atoms with Gasteiger partial charge in [-0.05, 0) is 39.1 Å². The molecule has 1 heterocycles. The third kappa shape index (κ3) is 5.17. The van der Waals surface area contributed by atoms with Gasteiger partial charge in [0.2, 0.25) is 5.91 Å². The molecule has 1 N–H and O–H groups in total. The second-order valence-corrected chi connectivity index (χ2v) is 6.31. The van der Waals surface area contributed by atoms with Crippen LogP contribution in [-0.2, 0) is 20.8 Å². The Bertz CT molecular complexity index is 836. The Balaban J connectivity index is 2.11. The second-order valence-electron chi connectivity index (χ2n) is 6.31. The molecule has 0 radical (unpaired) electrons. The predicted octanol–water partition coefficient (Wildman–Crippen LogP) is 1.94. The van der Waals surface area contributed by atoms with Crippen LogP contribution in [0.15, 0.2) is 22.7 Å². The van der Waals surface area contributed by atoms with Gasteiger partial charge in [-0.2, -0.15) is 0 Å². The van der Waals surface area contributed by atoms with Crippen LogP contribution in [-0.4, -0.2) is 55.7 Å². The van der Waals surface area contributed by atoms with E-state index in [0.29, 0.717) is 18.0 Å². The smallest absolute Gasteiger partial charge is 0.337 e. The van der Waals surface area contributed by atoms with Crippen LogP contribution in [0.1, 0.15) is 37.7 Å². The summed E-state index contributed by atoms with van der Waals surface area (Å²) in [5, 5.41) is 6.58. The highest BCUT2D eigenvalue weighted by molar-refractivity contribution is 5.99. The summed E-state index contributed by atoms with van der Waals surface area (Å²) in [4.78, 5) is 37.8. The van der Waals surface area contributed by atoms with E-state index in [0.717, 1.165) is 11.3 Å². The molecule has 9 nitrogen and oxygen atoms in total. The lowest BCUT2D eigenvalue weighted by molar-refractivity contribution is -0.117. The number of aromatic nitrogens is 1. The van der Waals surface area contributed by atoms with Crippen molar-refractivity contribution in [2.24, 2.45) is 0 Å². The van der Waals surface area contributed by atoms with E-state index in [1.807, 2.05) is 13.8 Å². The van der Waals surface area contributed by atoms with Gasteiger partial charge in [0.1, 0.15) is 5.76 Å². The number of esters is 2. The molecule has 0 atom stereocenters. The van der Waals surface area contributed by atoms with Gasteiger partial charge in [-0.1, -0.05) is 5.16 Å². The number of anilines is 1. The van der Waals surface area contributed by atoms with E-state index < -0.39 is 11.9 Å². The first-order chi connectivity index (χ1) is 13.2. The molecule has 0 bridgehead atoms. The van der Waals surface area contributed by atoms with Crippen LogP contribution in [0.2, 0.25) is 0 Å². The van der Waals surface area contributed by atoms with Crippen LogP contribution in [0.3, 0.4) is 0 Å². The van der Waals surface area contributed by atoms with Crippen LogP contribution >= 0.6 is 0 Å². The summed E-state index contributed by atoms with van der Waals surface area (Å²) in [6, 6.07) is 4.21. The van der Waals surface area contributed by atoms with Gasteiger partial charge in [0.05, 0.1) is 37.6 Å². The monoisotopic (exact) mass is 389 g/mol. The van der Waals surface area contributed by atoms with E-state index in [9.17, 15) is 14.4 Å². The van der Waals surface area contributed by atoms with Gasteiger partial charge in [0.15, 0.2) is 0 Å². The van der Waals surface area contributed by atoms with Gasteiger partial charge < -0.3 is 19.3 Å². The molecule has 1 amide bonds. The van der Waals surface area contributed by atoms with Crippen LogP contribution < -0.4 is 5.32 Å². The third-order valence-electron chi connectivity index (χ3n) is 4.08. The maximum Gasteiger partial charge on any atom is 0.337 e. The summed E-state index contributed by atoms with van der Waals surface area (Å²) >= 11 is 0. The third-order valence-corrected chi connectivity index (χ3v) is 4.08. The zero-order valence-electron chi connectivity index (χ0n) is 16.5. The Labute approximate surface area is 162 Å². The quantitative estimate of drug-likeness (QED) is 0.715. The lowest BCUT2D eigenvalue weighted by Gasteiger charge is -2.16. The minimum atomic E-state index is -0.628. The Morgan fingerprint density at radius 1 is 1.07 bits per heavy atom. The molecule has 0 unspecified atom stereocenters. The average Bonchev–Trinajstić information content (AvgIpc) is 2.98. The minimum absolute atomic E-state index is 0.0834. The molecular weight excluding hydrogens is 366 g/mol. The molecule has 1 aromatic carbocycles. The molecule has 9 heteroatoms. The highest BCUT2D eigenvalue weighted by Crippen LogP contribution is 2.18. The van der Waals surface area contributed by atoms with Crippen LogP contribution in [0.4, 0.5) is 5.69 Å². The molecule has 0 fully saturated rings. The number of hydrogen-bond donors (Lipinski definition) is 1. The second kappa shape index (κ2) is 9.14. The van der Waals surface area contributed by atoms with Crippen molar-refractivity contribution in [2.75, 3.05) is 33.1 Å². The highest BCUT2D eigenvalue weighted by Gasteiger charge is 2.17. The number of amides is 1. The molecule has 0 aliphatic carbocycles. The van der Waals surface area contributed by atoms with Gasteiger partial charge in [0.25, 0.3) is 0 Å². The standard InChI is InChI=1S/C19H23N3O6/c1-11-16(12(2)28-21-11)9-22(3)10-17(23)20-15-7-13(18(24)26-4)6-14(8-15)19(25)27-5/h6-8H,9-10H2,1-5H3,(H,20,23). The van der Waals surface area contributed by atoms with Gasteiger partial charge in [0, 0.05) is 17.8 Å². The highest BCUT2D eigenvalue weighted by atomic mass is 16.5. The lowest BCUT2D eigenvalue weighted by Crippen LogP contribution is -2.30.